The van der Waals surface area contributed by atoms with Crippen molar-refractivity contribution in [3.05, 3.63) is 34.9 Å². The molecule has 0 aromatic heterocycles. The smallest absolute Gasteiger partial charge is 0.289 e. The van der Waals surface area contributed by atoms with Gasteiger partial charge in [0.15, 0.2) is 0 Å². The Morgan fingerprint density at radius 1 is 1.04 bits per heavy atom. The summed E-state index contributed by atoms with van der Waals surface area (Å²) in [4.78, 5) is 55.5. The molecule has 3 heterocycles. The fourth-order valence-corrected chi connectivity index (χ4v) is 8.26. The largest absolute Gasteiger partial charge is 0.379 e. The van der Waals surface area contributed by atoms with Crippen LogP contribution in [0.25, 0.3) is 0 Å². The first-order valence-corrected chi connectivity index (χ1v) is 19.8. The van der Waals surface area contributed by atoms with Crippen molar-refractivity contribution in [3.8, 4) is 0 Å². The minimum atomic E-state index is -3.64. The minimum Gasteiger partial charge on any atom is -0.379 e. The van der Waals surface area contributed by atoms with E-state index in [1.165, 1.54) is 9.21 Å². The predicted molar refractivity (Wildman–Crippen MR) is 186 cm³/mol. The van der Waals surface area contributed by atoms with Gasteiger partial charge in [0.25, 0.3) is 5.91 Å². The second-order valence-electron chi connectivity index (χ2n) is 13.9. The van der Waals surface area contributed by atoms with Crippen LogP contribution in [0.5, 0.6) is 0 Å². The second-order valence-corrected chi connectivity index (χ2v) is 16.4. The number of ketones is 1. The molecule has 0 radical (unpaired) electrons. The number of likely N-dealkylation sites (tertiary alicyclic amines) is 1. The summed E-state index contributed by atoms with van der Waals surface area (Å²) in [5.41, 5.74) is 7.33. The van der Waals surface area contributed by atoms with Gasteiger partial charge in [0.1, 0.15) is 6.04 Å². The first-order chi connectivity index (χ1) is 24.0. The number of hydrogen-bond acceptors (Lipinski definition) is 10. The lowest BCUT2D eigenvalue weighted by atomic mass is 9.91. The Morgan fingerprint density at radius 2 is 1.74 bits per heavy atom. The van der Waals surface area contributed by atoms with Crippen LogP contribution in [0.1, 0.15) is 56.9 Å². The Kier molecular flexibility index (Phi) is 14.0. The lowest BCUT2D eigenvalue weighted by molar-refractivity contribution is -0.142. The van der Waals surface area contributed by atoms with Crippen molar-refractivity contribution < 1.29 is 37.1 Å². The highest BCUT2D eigenvalue weighted by molar-refractivity contribution is 7.89. The van der Waals surface area contributed by atoms with Crippen LogP contribution in [0.4, 0.5) is 0 Å². The van der Waals surface area contributed by atoms with E-state index in [0.29, 0.717) is 30.6 Å². The van der Waals surface area contributed by atoms with E-state index in [0.717, 1.165) is 50.8 Å². The van der Waals surface area contributed by atoms with Gasteiger partial charge in [0, 0.05) is 37.6 Å². The summed E-state index contributed by atoms with van der Waals surface area (Å²) in [5, 5.41) is 9.15. The molecular weight excluding hydrogens is 688 g/mol. The number of nitrogens with zero attached hydrogens (tertiary/aromatic N) is 2. The highest BCUT2D eigenvalue weighted by Gasteiger charge is 2.43. The van der Waals surface area contributed by atoms with Crippen LogP contribution in [0.15, 0.2) is 24.3 Å². The maximum atomic E-state index is 13.9. The van der Waals surface area contributed by atoms with Crippen molar-refractivity contribution in [1.82, 2.24) is 25.2 Å². The summed E-state index contributed by atoms with van der Waals surface area (Å²) >= 11 is 6.02. The zero-order chi connectivity index (χ0) is 35.7. The molecule has 4 aliphatic rings. The Bertz CT molecular complexity index is 1430. The minimum absolute atomic E-state index is 0.158. The molecule has 3 aliphatic heterocycles. The first-order valence-electron chi connectivity index (χ1n) is 17.8. The number of nitrogens with two attached hydrogens (primary N) is 1. The number of amides is 3. The van der Waals surface area contributed by atoms with Gasteiger partial charge in [-0.1, -0.05) is 36.6 Å². The third-order valence-electron chi connectivity index (χ3n) is 10.0. The number of rotatable bonds is 17. The average molecular weight is 739 g/mol. The van der Waals surface area contributed by atoms with Crippen molar-refractivity contribution in [3.63, 3.8) is 0 Å². The van der Waals surface area contributed by atoms with Crippen molar-refractivity contribution in [2.75, 3.05) is 58.2 Å². The van der Waals surface area contributed by atoms with Crippen LogP contribution < -0.4 is 21.7 Å². The molecule has 16 heteroatoms. The fourth-order valence-electron chi connectivity index (χ4n) is 6.81. The molecule has 1 aromatic carbocycles. The number of ether oxygens (including phenoxy) is 2. The van der Waals surface area contributed by atoms with Gasteiger partial charge in [-0.25, -0.2) is 8.42 Å². The number of nitrogens with one attached hydrogen (secondary N) is 3. The molecular formula is C34H51ClN6O8S. The number of hydrogen-bond donors (Lipinski definition) is 4. The summed E-state index contributed by atoms with van der Waals surface area (Å²) < 4.78 is 38.0. The molecule has 0 spiro atoms. The van der Waals surface area contributed by atoms with Gasteiger partial charge >= 0.3 is 0 Å². The van der Waals surface area contributed by atoms with Crippen LogP contribution in [0, 0.1) is 11.8 Å². The molecule has 3 amide bonds. The third-order valence-corrected chi connectivity index (χ3v) is 12.2. The van der Waals surface area contributed by atoms with Crippen LogP contribution in [-0.4, -0.2) is 124 Å². The lowest BCUT2D eigenvalue weighted by Gasteiger charge is -2.29. The Morgan fingerprint density at radius 3 is 2.42 bits per heavy atom. The molecule has 0 unspecified atom stereocenters. The zero-order valence-corrected chi connectivity index (χ0v) is 30.1. The number of sulfonamides is 1. The Balaban J connectivity index is 1.21. The number of Topliss-reactive ketones (excluding diaryl/α,β-unsaturated/α-hetero) is 1. The molecule has 1 aromatic rings. The van der Waals surface area contributed by atoms with Gasteiger partial charge in [-0.05, 0) is 74.7 Å². The van der Waals surface area contributed by atoms with Gasteiger partial charge in [0.05, 0.1) is 43.8 Å². The molecule has 4 atom stereocenters. The van der Waals surface area contributed by atoms with Gasteiger partial charge in [-0.3, -0.25) is 19.2 Å². The summed E-state index contributed by atoms with van der Waals surface area (Å²) in [5.74, 6) is -2.40. The molecule has 4 fully saturated rings. The fraction of sp³-hybridized carbons (Fsp3) is 0.706. The van der Waals surface area contributed by atoms with Crippen LogP contribution in [0.3, 0.4) is 0 Å². The van der Waals surface area contributed by atoms with E-state index in [4.69, 9.17) is 26.8 Å². The SMILES string of the molecule is N[C@H](CCC1CCNCC1)C(=O)N1C[C@H](OCc2ccc(Cl)cc2)C[C@H]1C(=O)N[C@@H](CC1CC1)C(=O)C(=O)NCCS(=O)(=O)N1CCOCC1. The summed E-state index contributed by atoms with van der Waals surface area (Å²) in [6.45, 7) is 3.13. The topological polar surface area (TPSA) is 189 Å². The van der Waals surface area contributed by atoms with Gasteiger partial charge in [-0.2, -0.15) is 4.31 Å². The number of carbonyl (C=O) groups is 4. The van der Waals surface area contributed by atoms with E-state index in [1.54, 1.807) is 12.1 Å². The monoisotopic (exact) mass is 738 g/mol. The summed E-state index contributed by atoms with van der Waals surface area (Å²) in [7, 11) is -3.64. The molecule has 5 N–H and O–H groups in total. The summed E-state index contributed by atoms with van der Waals surface area (Å²) in [6, 6.07) is 4.36. The molecule has 1 aliphatic carbocycles. The van der Waals surface area contributed by atoms with E-state index in [9.17, 15) is 27.6 Å². The number of benzene rings is 1. The molecule has 14 nitrogen and oxygen atoms in total. The Labute approximate surface area is 299 Å². The zero-order valence-electron chi connectivity index (χ0n) is 28.5. The van der Waals surface area contributed by atoms with Crippen molar-refractivity contribution >= 4 is 45.1 Å². The third kappa shape index (κ3) is 11.2. The second kappa shape index (κ2) is 18.2. The standard InChI is InChI=1S/C34H51ClN6O8S/c35-26-6-3-25(4-7-26)22-49-27-20-30(41(21-27)34(45)28(36)8-5-23-9-11-37-12-10-23)32(43)39-29(19-24-1-2-24)31(42)33(44)38-13-18-50(46,47)40-14-16-48-17-15-40/h3-4,6-7,23-24,27-30,37H,1-2,5,8-22,36H2,(H,38,44)(H,39,43)/t27-,28-,29+,30+/m1/s1. The summed E-state index contributed by atoms with van der Waals surface area (Å²) in [6.07, 6.45) is 5.13. The van der Waals surface area contributed by atoms with E-state index in [1.807, 2.05) is 12.1 Å². The van der Waals surface area contributed by atoms with Crippen LogP contribution >= 0.6 is 11.6 Å². The molecule has 3 saturated heterocycles. The van der Waals surface area contributed by atoms with Gasteiger partial charge < -0.3 is 36.1 Å². The van der Waals surface area contributed by atoms with E-state index in [-0.39, 0.29) is 63.2 Å². The highest BCUT2D eigenvalue weighted by Crippen LogP contribution is 2.34. The van der Waals surface area contributed by atoms with E-state index < -0.39 is 51.9 Å². The van der Waals surface area contributed by atoms with Crippen LogP contribution in [-0.2, 0) is 45.3 Å². The lowest BCUT2D eigenvalue weighted by Crippen LogP contribution is -2.55. The molecule has 5 rings (SSSR count). The highest BCUT2D eigenvalue weighted by atomic mass is 35.5. The molecule has 0 bridgehead atoms. The number of carbonyl (C=O) groups excluding carboxylic acids is 4. The predicted octanol–water partition coefficient (Wildman–Crippen LogP) is 0.565. The molecule has 1 saturated carbocycles. The Hall–Kier alpha value is -2.66. The maximum absolute atomic E-state index is 13.9. The first kappa shape index (κ1) is 38.6. The number of halogens is 1. The van der Waals surface area contributed by atoms with Crippen molar-refractivity contribution in [2.24, 2.45) is 17.6 Å². The van der Waals surface area contributed by atoms with Crippen LogP contribution in [0.2, 0.25) is 5.02 Å². The molecule has 278 valence electrons. The van der Waals surface area contributed by atoms with Gasteiger partial charge in [-0.15, -0.1) is 0 Å². The molecule has 50 heavy (non-hydrogen) atoms. The van der Waals surface area contributed by atoms with Gasteiger partial charge in [0.2, 0.25) is 27.6 Å². The van der Waals surface area contributed by atoms with E-state index in [2.05, 4.69) is 16.0 Å². The quantitative estimate of drug-likeness (QED) is 0.165. The number of piperidine rings is 1. The maximum Gasteiger partial charge on any atom is 0.289 e. The number of morpholine rings is 1. The average Bonchev–Trinajstić information content (AvgIpc) is 3.84. The normalized spacial score (nSPS) is 23.3. The van der Waals surface area contributed by atoms with Crippen molar-refractivity contribution in [1.29, 1.82) is 0 Å². The van der Waals surface area contributed by atoms with E-state index >= 15 is 0 Å². The van der Waals surface area contributed by atoms with Crippen molar-refractivity contribution in [2.45, 2.75) is 82.2 Å².